The van der Waals surface area contributed by atoms with Gasteiger partial charge in [-0.1, -0.05) is 0 Å². The third kappa shape index (κ3) is 3.36. The molecule has 1 aliphatic rings. The van der Waals surface area contributed by atoms with E-state index in [4.69, 9.17) is 16.4 Å². The van der Waals surface area contributed by atoms with Gasteiger partial charge in [0.25, 0.3) is 0 Å². The zero-order valence-electron chi connectivity index (χ0n) is 7.50. The second-order valence-corrected chi connectivity index (χ2v) is 3.08. The number of halogens is 1. The molecule has 0 spiro atoms. The second kappa shape index (κ2) is 5.99. The fourth-order valence-corrected chi connectivity index (χ4v) is 1.45. The summed E-state index contributed by atoms with van der Waals surface area (Å²) in [6.45, 7) is 4.35. The van der Waals surface area contributed by atoms with Crippen molar-refractivity contribution >= 4 is 0 Å². The molecule has 4 heteroatoms. The Bertz CT molecular complexity index is 205. The van der Waals surface area contributed by atoms with E-state index in [0.717, 1.165) is 26.3 Å². The predicted octanol–water partition coefficient (Wildman–Crippen LogP) is -3.01. The third-order valence-corrected chi connectivity index (χ3v) is 2.25. The van der Waals surface area contributed by atoms with Gasteiger partial charge < -0.3 is 21.7 Å². The van der Waals surface area contributed by atoms with Crippen molar-refractivity contribution in [1.29, 1.82) is 5.26 Å². The number of nitriles is 1. The number of nitrogens with zero attached hydrogens (tertiary/aromatic N) is 2. The molecule has 0 aliphatic carbocycles. The van der Waals surface area contributed by atoms with Crippen LogP contribution >= 0.6 is 0 Å². The van der Waals surface area contributed by atoms with E-state index < -0.39 is 0 Å². The van der Waals surface area contributed by atoms with Gasteiger partial charge in [0.15, 0.2) is 6.54 Å². The normalized spacial score (nSPS) is 19.2. The number of hydrogen-bond donors (Lipinski definition) is 0. The number of morpholine rings is 1. The van der Waals surface area contributed by atoms with Gasteiger partial charge in [0.2, 0.25) is 0 Å². The van der Waals surface area contributed by atoms with Crippen molar-refractivity contribution in [3.63, 3.8) is 0 Å². The lowest BCUT2D eigenvalue weighted by Crippen LogP contribution is -3.00. The summed E-state index contributed by atoms with van der Waals surface area (Å²) in [5.74, 6) is 2.63. The van der Waals surface area contributed by atoms with Crippen LogP contribution in [0.1, 0.15) is 0 Å². The van der Waals surface area contributed by atoms with Crippen molar-refractivity contribution in [2.45, 2.75) is 0 Å². The van der Waals surface area contributed by atoms with Crippen molar-refractivity contribution in [2.75, 3.05) is 39.4 Å². The predicted molar refractivity (Wildman–Crippen MR) is 45.0 cm³/mol. The molecule has 0 amide bonds. The maximum absolute atomic E-state index is 8.64. The molecule has 1 fully saturated rings. The average Bonchev–Trinajstić information content (AvgIpc) is 2.07. The van der Waals surface area contributed by atoms with E-state index in [-0.39, 0.29) is 17.0 Å². The van der Waals surface area contributed by atoms with Crippen LogP contribution in [-0.2, 0) is 4.74 Å². The highest BCUT2D eigenvalue weighted by Gasteiger charge is 2.28. The molecule has 0 saturated carbocycles. The monoisotopic (exact) mass is 244 g/mol. The summed E-state index contributed by atoms with van der Waals surface area (Å²) in [6.07, 6.45) is 5.26. The minimum absolute atomic E-state index is 0. The number of ether oxygens (including phenoxy) is 1. The van der Waals surface area contributed by atoms with Crippen LogP contribution in [0.5, 0.6) is 0 Å². The van der Waals surface area contributed by atoms with E-state index in [9.17, 15) is 0 Å². The van der Waals surface area contributed by atoms with Crippen LogP contribution in [0.25, 0.3) is 0 Å². The van der Waals surface area contributed by atoms with Crippen molar-refractivity contribution in [2.24, 2.45) is 0 Å². The Balaban J connectivity index is 0.00000144. The molecule has 1 saturated heterocycles. The van der Waals surface area contributed by atoms with Gasteiger partial charge in [-0.15, -0.1) is 6.42 Å². The van der Waals surface area contributed by atoms with E-state index in [1.807, 2.05) is 0 Å². The molecule has 1 heterocycles. The zero-order valence-corrected chi connectivity index (χ0v) is 9.09. The lowest BCUT2D eigenvalue weighted by atomic mass is 10.3. The summed E-state index contributed by atoms with van der Waals surface area (Å²) in [7, 11) is 0. The molecule has 72 valence electrons. The highest BCUT2D eigenvalue weighted by Crippen LogP contribution is 2.09. The van der Waals surface area contributed by atoms with Crippen LogP contribution < -0.4 is 17.0 Å². The number of terminal acetylenes is 1. The number of hydrogen-bond acceptors (Lipinski definition) is 2. The first-order chi connectivity index (χ1) is 5.83. The van der Waals surface area contributed by atoms with Gasteiger partial charge >= 0.3 is 0 Å². The minimum Gasteiger partial charge on any atom is -1.00 e. The molecule has 0 aromatic rings. The van der Waals surface area contributed by atoms with E-state index in [1.165, 1.54) is 0 Å². The summed E-state index contributed by atoms with van der Waals surface area (Å²) in [4.78, 5) is 0. The first kappa shape index (κ1) is 12.4. The quantitative estimate of drug-likeness (QED) is 0.295. The molecule has 1 aliphatic heterocycles. The summed E-state index contributed by atoms with van der Waals surface area (Å²) < 4.78 is 5.94. The molecule has 0 aromatic carbocycles. The van der Waals surface area contributed by atoms with Crippen molar-refractivity contribution in [3.05, 3.63) is 0 Å². The van der Waals surface area contributed by atoms with Gasteiger partial charge in [-0.2, -0.15) is 5.26 Å². The fraction of sp³-hybridized carbons (Fsp3) is 0.667. The van der Waals surface area contributed by atoms with Gasteiger partial charge in [0.05, 0.1) is 13.2 Å². The maximum atomic E-state index is 8.64. The molecular weight excluding hydrogens is 232 g/mol. The molecule has 0 unspecified atom stereocenters. The molecule has 0 atom stereocenters. The van der Waals surface area contributed by atoms with E-state index in [1.54, 1.807) is 0 Å². The van der Waals surface area contributed by atoms with Crippen molar-refractivity contribution in [3.8, 4) is 18.4 Å². The largest absolute Gasteiger partial charge is 1.00 e. The van der Waals surface area contributed by atoms with Crippen molar-refractivity contribution in [1.82, 2.24) is 0 Å². The highest BCUT2D eigenvalue weighted by molar-refractivity contribution is 4.85. The van der Waals surface area contributed by atoms with Gasteiger partial charge in [-0.3, -0.25) is 4.48 Å². The second-order valence-electron chi connectivity index (χ2n) is 3.08. The molecule has 0 radical (unpaired) electrons. The molecule has 0 aromatic heterocycles. The lowest BCUT2D eigenvalue weighted by molar-refractivity contribution is -0.922. The smallest absolute Gasteiger partial charge is 0.167 e. The Hall–Kier alpha value is -0.550. The summed E-state index contributed by atoms with van der Waals surface area (Å²) >= 11 is 0. The zero-order chi connectivity index (χ0) is 8.86. The van der Waals surface area contributed by atoms with Crippen LogP contribution in [0, 0.1) is 23.7 Å². The van der Waals surface area contributed by atoms with E-state index >= 15 is 0 Å². The summed E-state index contributed by atoms with van der Waals surface area (Å²) in [6, 6.07) is 2.18. The molecule has 13 heavy (non-hydrogen) atoms. The number of quaternary nitrogens is 1. The molecule has 1 rings (SSSR count). The molecule has 0 N–H and O–H groups in total. The van der Waals surface area contributed by atoms with Gasteiger partial charge in [-0.05, 0) is 5.92 Å². The van der Waals surface area contributed by atoms with Crippen LogP contribution in [0.15, 0.2) is 0 Å². The van der Waals surface area contributed by atoms with Crippen LogP contribution in [0.3, 0.4) is 0 Å². The SMILES string of the molecule is C#CC[N+]1(CC#N)CCOCC1.[Br-]. The van der Waals surface area contributed by atoms with Gasteiger partial charge in [-0.25, -0.2) is 0 Å². The Morgan fingerprint density at radius 2 is 1.92 bits per heavy atom. The molecule has 3 nitrogen and oxygen atoms in total. The Morgan fingerprint density at radius 3 is 2.38 bits per heavy atom. The first-order valence-electron chi connectivity index (χ1n) is 4.06. The van der Waals surface area contributed by atoms with Crippen molar-refractivity contribution < 1.29 is 26.2 Å². The maximum Gasteiger partial charge on any atom is 0.167 e. The van der Waals surface area contributed by atoms with E-state index in [2.05, 4.69) is 12.0 Å². The fourth-order valence-electron chi connectivity index (χ4n) is 1.45. The molecule has 0 bridgehead atoms. The standard InChI is InChI=1S/C9H13N2O.BrH/c1-2-4-11(5-3-10)6-8-12-9-7-11;/h1H,4-9H2;1H/q+1;/p-1. The minimum atomic E-state index is 0. The van der Waals surface area contributed by atoms with Crippen LogP contribution in [0.4, 0.5) is 0 Å². The van der Waals surface area contributed by atoms with Gasteiger partial charge in [0, 0.05) is 0 Å². The number of rotatable bonds is 2. The molecular formula is C9H13BrN2O. The Morgan fingerprint density at radius 1 is 1.31 bits per heavy atom. The van der Waals surface area contributed by atoms with Crippen LogP contribution in [0.2, 0.25) is 0 Å². The topological polar surface area (TPSA) is 33.0 Å². The lowest BCUT2D eigenvalue weighted by Gasteiger charge is -2.37. The highest BCUT2D eigenvalue weighted by atomic mass is 79.9. The average molecular weight is 245 g/mol. The Labute approximate surface area is 89.6 Å². The third-order valence-electron chi connectivity index (χ3n) is 2.25. The summed E-state index contributed by atoms with van der Waals surface area (Å²) in [5.41, 5.74) is 0. The van der Waals surface area contributed by atoms with Gasteiger partial charge in [0.1, 0.15) is 25.7 Å². The summed E-state index contributed by atoms with van der Waals surface area (Å²) in [5, 5.41) is 8.64. The Kier molecular flexibility index (Phi) is 5.73. The van der Waals surface area contributed by atoms with E-state index in [0.29, 0.717) is 17.6 Å². The van der Waals surface area contributed by atoms with Crippen LogP contribution in [-0.4, -0.2) is 43.9 Å². The first-order valence-corrected chi connectivity index (χ1v) is 4.06.